The van der Waals surface area contributed by atoms with Gasteiger partial charge in [0.2, 0.25) is 0 Å². The zero-order chi connectivity index (χ0) is 14.9. The first-order valence-electron chi connectivity index (χ1n) is 5.68. The highest BCUT2D eigenvalue weighted by Crippen LogP contribution is 2.30. The molecule has 0 saturated heterocycles. The largest absolute Gasteiger partial charge is 0.573 e. The van der Waals surface area contributed by atoms with Gasteiger partial charge in [-0.05, 0) is 47.9 Å². The monoisotopic (exact) mass is 285 g/mol. The Hall–Kier alpha value is -2.24. The smallest absolute Gasteiger partial charge is 0.406 e. The van der Waals surface area contributed by atoms with Crippen molar-refractivity contribution in [2.45, 2.75) is 13.3 Å². The summed E-state index contributed by atoms with van der Waals surface area (Å²) >= 11 is 0. The van der Waals surface area contributed by atoms with Crippen LogP contribution in [-0.2, 0) is 0 Å². The Balaban J connectivity index is 2.33. The molecule has 0 unspecified atom stereocenters. The zero-order valence-electron chi connectivity index (χ0n) is 10.5. The lowest BCUT2D eigenvalue weighted by atomic mass is 9.99. The Labute approximate surface area is 112 Å². The second kappa shape index (κ2) is 5.03. The van der Waals surface area contributed by atoms with Crippen LogP contribution in [0.2, 0.25) is 0 Å². The molecule has 0 spiro atoms. The Bertz CT molecular complexity index is 620. The average Bonchev–Trinajstić information content (AvgIpc) is 2.33. The van der Waals surface area contributed by atoms with Gasteiger partial charge in [-0.1, -0.05) is 12.1 Å². The normalized spacial score (nSPS) is 11.4. The van der Waals surface area contributed by atoms with E-state index in [1.165, 1.54) is 36.4 Å². The fourth-order valence-corrected chi connectivity index (χ4v) is 1.84. The molecule has 0 fully saturated rings. The van der Waals surface area contributed by atoms with E-state index in [2.05, 4.69) is 4.74 Å². The van der Waals surface area contributed by atoms with Gasteiger partial charge in [-0.25, -0.2) is 4.39 Å². The van der Waals surface area contributed by atoms with Crippen LogP contribution in [0.25, 0.3) is 11.1 Å². The zero-order valence-corrected chi connectivity index (χ0v) is 10.5. The maximum Gasteiger partial charge on any atom is 0.573 e. The Kier molecular flexibility index (Phi) is 3.57. The van der Waals surface area contributed by atoms with E-state index in [1.54, 1.807) is 6.92 Å². The van der Waals surface area contributed by atoms with Gasteiger partial charge >= 0.3 is 6.36 Å². The SMILES string of the molecule is Cc1cc(F)c(N)cc1-c1ccc(OC(F)(F)F)cc1. The summed E-state index contributed by atoms with van der Waals surface area (Å²) < 4.78 is 53.2. The fourth-order valence-electron chi connectivity index (χ4n) is 1.84. The molecule has 20 heavy (non-hydrogen) atoms. The number of anilines is 1. The van der Waals surface area contributed by atoms with Crippen molar-refractivity contribution in [3.8, 4) is 16.9 Å². The summed E-state index contributed by atoms with van der Waals surface area (Å²) in [5, 5.41) is 0. The number of nitrogen functional groups attached to an aromatic ring is 1. The first-order valence-corrected chi connectivity index (χ1v) is 5.68. The molecule has 106 valence electrons. The number of alkyl halides is 3. The van der Waals surface area contributed by atoms with Crippen LogP contribution >= 0.6 is 0 Å². The standard InChI is InChI=1S/C14H11F4NO/c1-8-6-12(15)13(19)7-11(8)9-2-4-10(5-3-9)20-14(16,17)18/h2-7H,19H2,1H3. The van der Waals surface area contributed by atoms with Gasteiger partial charge in [0, 0.05) is 0 Å². The van der Waals surface area contributed by atoms with Crippen LogP contribution in [0.3, 0.4) is 0 Å². The molecule has 0 aliphatic rings. The van der Waals surface area contributed by atoms with Crippen LogP contribution in [0.5, 0.6) is 5.75 Å². The summed E-state index contributed by atoms with van der Waals surface area (Å²) in [6, 6.07) is 8.04. The van der Waals surface area contributed by atoms with Crippen LogP contribution in [-0.4, -0.2) is 6.36 Å². The highest BCUT2D eigenvalue weighted by Gasteiger charge is 2.30. The molecular formula is C14H11F4NO. The van der Waals surface area contributed by atoms with Crippen molar-refractivity contribution < 1.29 is 22.3 Å². The van der Waals surface area contributed by atoms with E-state index in [4.69, 9.17) is 5.73 Å². The fraction of sp³-hybridized carbons (Fsp3) is 0.143. The minimum absolute atomic E-state index is 0.0128. The van der Waals surface area contributed by atoms with Gasteiger partial charge < -0.3 is 10.5 Å². The van der Waals surface area contributed by atoms with Crippen molar-refractivity contribution in [3.63, 3.8) is 0 Å². The first-order chi connectivity index (χ1) is 9.26. The molecule has 0 bridgehead atoms. The number of halogens is 4. The molecular weight excluding hydrogens is 274 g/mol. The van der Waals surface area contributed by atoms with Gasteiger partial charge in [0.15, 0.2) is 0 Å². The number of aryl methyl sites for hydroxylation is 1. The number of ether oxygens (including phenoxy) is 1. The van der Waals surface area contributed by atoms with Gasteiger partial charge in [0.1, 0.15) is 11.6 Å². The van der Waals surface area contributed by atoms with Crippen molar-refractivity contribution in [1.82, 2.24) is 0 Å². The third-order valence-electron chi connectivity index (χ3n) is 2.74. The molecule has 0 aromatic heterocycles. The van der Waals surface area contributed by atoms with Crippen molar-refractivity contribution in [2.24, 2.45) is 0 Å². The van der Waals surface area contributed by atoms with Crippen LogP contribution in [0.15, 0.2) is 36.4 Å². The van der Waals surface area contributed by atoms with Crippen LogP contribution in [0.1, 0.15) is 5.56 Å². The topological polar surface area (TPSA) is 35.2 Å². The van der Waals surface area contributed by atoms with Gasteiger partial charge in [0.25, 0.3) is 0 Å². The average molecular weight is 285 g/mol. The second-order valence-corrected chi connectivity index (χ2v) is 4.26. The summed E-state index contributed by atoms with van der Waals surface area (Å²) in [7, 11) is 0. The maximum atomic E-state index is 13.3. The van der Waals surface area contributed by atoms with Crippen LogP contribution in [0.4, 0.5) is 23.2 Å². The van der Waals surface area contributed by atoms with Crippen molar-refractivity contribution >= 4 is 5.69 Å². The van der Waals surface area contributed by atoms with Gasteiger partial charge in [-0.2, -0.15) is 0 Å². The summed E-state index contributed by atoms with van der Waals surface area (Å²) in [6.07, 6.45) is -4.72. The molecule has 0 atom stereocenters. The number of hydrogen-bond donors (Lipinski definition) is 1. The third kappa shape index (κ3) is 3.20. The van der Waals surface area contributed by atoms with E-state index < -0.39 is 12.2 Å². The summed E-state index contributed by atoms with van der Waals surface area (Å²) in [5.41, 5.74) is 7.40. The minimum atomic E-state index is -4.72. The number of rotatable bonds is 2. The predicted molar refractivity (Wildman–Crippen MR) is 67.7 cm³/mol. The molecule has 0 radical (unpaired) electrons. The minimum Gasteiger partial charge on any atom is -0.406 e. The molecule has 0 aliphatic carbocycles. The van der Waals surface area contributed by atoms with Gasteiger partial charge in [-0.15, -0.1) is 13.2 Å². The highest BCUT2D eigenvalue weighted by molar-refractivity contribution is 5.71. The van der Waals surface area contributed by atoms with E-state index in [0.717, 1.165) is 0 Å². The lowest BCUT2D eigenvalue weighted by Gasteiger charge is -2.11. The number of benzene rings is 2. The molecule has 2 aromatic carbocycles. The van der Waals surface area contributed by atoms with Crippen LogP contribution < -0.4 is 10.5 Å². The Morgan fingerprint density at radius 2 is 1.65 bits per heavy atom. The van der Waals surface area contributed by atoms with Crippen molar-refractivity contribution in [3.05, 3.63) is 47.8 Å². The van der Waals surface area contributed by atoms with Gasteiger partial charge in [-0.3, -0.25) is 0 Å². The Morgan fingerprint density at radius 3 is 2.20 bits per heavy atom. The summed E-state index contributed by atoms with van der Waals surface area (Å²) in [4.78, 5) is 0. The lowest BCUT2D eigenvalue weighted by Crippen LogP contribution is -2.16. The predicted octanol–water partition coefficient (Wildman–Crippen LogP) is 4.28. The van der Waals surface area contributed by atoms with E-state index in [-0.39, 0.29) is 11.4 Å². The molecule has 6 heteroatoms. The quantitative estimate of drug-likeness (QED) is 0.660. The van der Waals surface area contributed by atoms with E-state index >= 15 is 0 Å². The maximum absolute atomic E-state index is 13.3. The van der Waals surface area contributed by atoms with E-state index in [0.29, 0.717) is 16.7 Å². The molecule has 0 amide bonds. The molecule has 2 N–H and O–H groups in total. The number of hydrogen-bond acceptors (Lipinski definition) is 2. The molecule has 0 aliphatic heterocycles. The molecule has 2 nitrogen and oxygen atoms in total. The molecule has 2 aromatic rings. The van der Waals surface area contributed by atoms with E-state index in [9.17, 15) is 17.6 Å². The first kappa shape index (κ1) is 14.2. The van der Waals surface area contributed by atoms with Crippen molar-refractivity contribution in [2.75, 3.05) is 5.73 Å². The number of nitrogens with two attached hydrogens (primary N) is 1. The van der Waals surface area contributed by atoms with Gasteiger partial charge in [0.05, 0.1) is 5.69 Å². The van der Waals surface area contributed by atoms with Crippen molar-refractivity contribution in [1.29, 1.82) is 0 Å². The molecule has 0 saturated carbocycles. The summed E-state index contributed by atoms with van der Waals surface area (Å²) in [5.74, 6) is -0.836. The van der Waals surface area contributed by atoms with E-state index in [1.807, 2.05) is 0 Å². The second-order valence-electron chi connectivity index (χ2n) is 4.26. The third-order valence-corrected chi connectivity index (χ3v) is 2.74. The highest BCUT2D eigenvalue weighted by atomic mass is 19.4. The molecule has 0 heterocycles. The Morgan fingerprint density at radius 1 is 1.05 bits per heavy atom. The lowest BCUT2D eigenvalue weighted by molar-refractivity contribution is -0.274. The molecule has 2 rings (SSSR count). The van der Waals surface area contributed by atoms with Crippen LogP contribution in [0, 0.1) is 12.7 Å². The summed E-state index contributed by atoms with van der Waals surface area (Å²) in [6.45, 7) is 1.69.